The van der Waals surface area contributed by atoms with E-state index >= 15 is 0 Å². The van der Waals surface area contributed by atoms with Gasteiger partial charge in [0.2, 0.25) is 5.76 Å². The Kier molecular flexibility index (Phi) is 3.76. The van der Waals surface area contributed by atoms with E-state index in [2.05, 4.69) is 10.1 Å². The van der Waals surface area contributed by atoms with Gasteiger partial charge in [0.1, 0.15) is 5.69 Å². The van der Waals surface area contributed by atoms with E-state index in [0.717, 1.165) is 10.9 Å². The normalized spacial score (nSPS) is 13.7. The average molecular weight is 339 g/mol. The summed E-state index contributed by atoms with van der Waals surface area (Å²) in [5, 5.41) is 4.93. The smallest absolute Gasteiger partial charge is 0.377 e. The Morgan fingerprint density at radius 3 is 3.00 bits per heavy atom. The number of carbonyl (C=O) groups is 2. The molecule has 1 N–H and O–H groups in total. The number of ether oxygens (including phenoxy) is 1. The molecular formula is C18H17N3O4. The van der Waals surface area contributed by atoms with Crippen molar-refractivity contribution >= 4 is 22.8 Å². The molecule has 0 saturated carbocycles. The number of nitrogens with zero attached hydrogens (tertiary/aromatic N) is 2. The number of carbonyl (C=O) groups excluding carboxylic acids is 2. The van der Waals surface area contributed by atoms with Crippen LogP contribution in [0.4, 0.5) is 0 Å². The molecule has 0 saturated heterocycles. The molecule has 1 amide bonds. The van der Waals surface area contributed by atoms with E-state index in [1.54, 1.807) is 11.8 Å². The van der Waals surface area contributed by atoms with Crippen LogP contribution in [0.2, 0.25) is 0 Å². The van der Waals surface area contributed by atoms with Crippen LogP contribution in [0.15, 0.2) is 34.9 Å². The van der Waals surface area contributed by atoms with Gasteiger partial charge in [-0.1, -0.05) is 23.4 Å². The monoisotopic (exact) mass is 339 g/mol. The predicted octanol–water partition coefficient (Wildman–Crippen LogP) is 2.53. The number of aromatic amines is 1. The standard InChI is InChI=1S/C18H17N3O4/c1-2-24-18(23)16-12-10-21(8-7-14(12)20-25-16)17(22)15-9-11-5-3-4-6-13(11)19-15/h3-6,9,19H,2,7-8,10H2,1H3. The number of aromatic nitrogens is 2. The summed E-state index contributed by atoms with van der Waals surface area (Å²) in [6.07, 6.45) is 0.546. The van der Waals surface area contributed by atoms with Crippen LogP contribution < -0.4 is 0 Å². The molecule has 1 aliphatic rings. The summed E-state index contributed by atoms with van der Waals surface area (Å²) in [6.45, 7) is 2.79. The predicted molar refractivity (Wildman–Crippen MR) is 89.2 cm³/mol. The van der Waals surface area contributed by atoms with Crippen LogP contribution in [0.3, 0.4) is 0 Å². The zero-order valence-corrected chi connectivity index (χ0v) is 13.7. The molecule has 3 heterocycles. The number of amides is 1. The molecule has 0 fully saturated rings. The number of benzene rings is 1. The Bertz CT molecular complexity index is 923. The van der Waals surface area contributed by atoms with Crippen LogP contribution >= 0.6 is 0 Å². The lowest BCUT2D eigenvalue weighted by Crippen LogP contribution is -2.36. The number of hydrogen-bond donors (Lipinski definition) is 1. The Morgan fingerprint density at radius 1 is 1.36 bits per heavy atom. The van der Waals surface area contributed by atoms with Gasteiger partial charge in [0.15, 0.2) is 0 Å². The first-order valence-electron chi connectivity index (χ1n) is 8.19. The van der Waals surface area contributed by atoms with E-state index in [1.165, 1.54) is 0 Å². The van der Waals surface area contributed by atoms with Crippen molar-refractivity contribution in [2.24, 2.45) is 0 Å². The zero-order valence-electron chi connectivity index (χ0n) is 13.7. The molecule has 0 aliphatic carbocycles. The van der Waals surface area contributed by atoms with Crippen molar-refractivity contribution < 1.29 is 18.8 Å². The van der Waals surface area contributed by atoms with E-state index in [-0.39, 0.29) is 24.8 Å². The van der Waals surface area contributed by atoms with Gasteiger partial charge >= 0.3 is 5.97 Å². The van der Waals surface area contributed by atoms with E-state index in [0.29, 0.717) is 29.9 Å². The Hall–Kier alpha value is -3.09. The fourth-order valence-electron chi connectivity index (χ4n) is 3.10. The number of nitrogens with one attached hydrogen (secondary N) is 1. The molecule has 0 unspecified atom stereocenters. The van der Waals surface area contributed by atoms with Crippen molar-refractivity contribution in [1.29, 1.82) is 0 Å². The van der Waals surface area contributed by atoms with Gasteiger partial charge in [0.25, 0.3) is 5.91 Å². The van der Waals surface area contributed by atoms with E-state index in [9.17, 15) is 9.59 Å². The molecule has 3 aromatic rings. The summed E-state index contributed by atoms with van der Waals surface area (Å²) in [6, 6.07) is 9.57. The fourth-order valence-corrected chi connectivity index (χ4v) is 3.10. The van der Waals surface area contributed by atoms with Crippen molar-refractivity contribution in [1.82, 2.24) is 15.0 Å². The molecule has 128 valence electrons. The second kappa shape index (κ2) is 6.08. The molecule has 2 aromatic heterocycles. The lowest BCUT2D eigenvalue weighted by Gasteiger charge is -2.25. The minimum absolute atomic E-state index is 0.0889. The van der Waals surface area contributed by atoms with Crippen LogP contribution in [0.1, 0.15) is 39.2 Å². The van der Waals surface area contributed by atoms with Gasteiger partial charge in [-0.3, -0.25) is 4.79 Å². The minimum atomic E-state index is -0.545. The number of esters is 1. The molecule has 1 aliphatic heterocycles. The molecule has 4 rings (SSSR count). The lowest BCUT2D eigenvalue weighted by molar-refractivity contribution is 0.0474. The highest BCUT2D eigenvalue weighted by Crippen LogP contribution is 2.25. The molecular weight excluding hydrogens is 322 g/mol. The van der Waals surface area contributed by atoms with Gasteiger partial charge in [-0.2, -0.15) is 0 Å². The quantitative estimate of drug-likeness (QED) is 0.741. The summed E-state index contributed by atoms with van der Waals surface area (Å²) in [7, 11) is 0. The average Bonchev–Trinajstić information content (AvgIpc) is 3.24. The molecule has 7 heteroatoms. The van der Waals surface area contributed by atoms with Crippen LogP contribution in [0.5, 0.6) is 0 Å². The molecule has 1 aromatic carbocycles. The van der Waals surface area contributed by atoms with Gasteiger partial charge in [-0.05, 0) is 19.1 Å². The van der Waals surface area contributed by atoms with Gasteiger partial charge in [-0.15, -0.1) is 0 Å². The molecule has 25 heavy (non-hydrogen) atoms. The lowest BCUT2D eigenvalue weighted by atomic mass is 10.1. The SMILES string of the molecule is CCOC(=O)c1onc2c1CN(C(=O)c1cc3ccccc3[nH]1)CC2. The van der Waals surface area contributed by atoms with E-state index in [1.807, 2.05) is 30.3 Å². The van der Waals surface area contributed by atoms with Gasteiger partial charge < -0.3 is 19.1 Å². The second-order valence-corrected chi connectivity index (χ2v) is 5.90. The maximum Gasteiger partial charge on any atom is 0.377 e. The van der Waals surface area contributed by atoms with Crippen molar-refractivity contribution in [3.05, 3.63) is 53.0 Å². The van der Waals surface area contributed by atoms with Gasteiger partial charge in [-0.25, -0.2) is 4.79 Å². The molecule has 0 bridgehead atoms. The first kappa shape index (κ1) is 15.4. The number of fused-ring (bicyclic) bond motifs is 2. The summed E-state index contributed by atoms with van der Waals surface area (Å²) >= 11 is 0. The highest BCUT2D eigenvalue weighted by atomic mass is 16.6. The minimum Gasteiger partial charge on any atom is -0.460 e. The third-order valence-electron chi connectivity index (χ3n) is 4.35. The summed E-state index contributed by atoms with van der Waals surface area (Å²) in [5.41, 5.74) is 2.79. The Balaban J connectivity index is 1.60. The van der Waals surface area contributed by atoms with Crippen LogP contribution in [0, 0.1) is 0 Å². The van der Waals surface area contributed by atoms with Crippen LogP contribution in [0.25, 0.3) is 10.9 Å². The number of para-hydroxylation sites is 1. The summed E-state index contributed by atoms with van der Waals surface area (Å²) < 4.78 is 10.1. The second-order valence-electron chi connectivity index (χ2n) is 5.90. The topological polar surface area (TPSA) is 88.4 Å². The zero-order chi connectivity index (χ0) is 17.4. The van der Waals surface area contributed by atoms with Crippen molar-refractivity contribution in [2.45, 2.75) is 19.9 Å². The third kappa shape index (κ3) is 2.67. The third-order valence-corrected chi connectivity index (χ3v) is 4.35. The number of rotatable bonds is 3. The Labute approximate surface area is 143 Å². The maximum absolute atomic E-state index is 12.8. The number of H-pyrrole nitrogens is 1. The summed E-state index contributed by atoms with van der Waals surface area (Å²) in [4.78, 5) is 29.6. The first-order valence-corrected chi connectivity index (χ1v) is 8.19. The van der Waals surface area contributed by atoms with Gasteiger partial charge in [0, 0.05) is 29.4 Å². The van der Waals surface area contributed by atoms with E-state index < -0.39 is 5.97 Å². The maximum atomic E-state index is 12.8. The van der Waals surface area contributed by atoms with E-state index in [4.69, 9.17) is 9.26 Å². The molecule has 0 radical (unpaired) electrons. The first-order chi connectivity index (χ1) is 12.2. The Morgan fingerprint density at radius 2 is 2.20 bits per heavy atom. The fraction of sp³-hybridized carbons (Fsp3) is 0.278. The van der Waals surface area contributed by atoms with Crippen LogP contribution in [-0.4, -0.2) is 40.1 Å². The van der Waals surface area contributed by atoms with Crippen molar-refractivity contribution in [3.8, 4) is 0 Å². The van der Waals surface area contributed by atoms with Crippen LogP contribution in [-0.2, 0) is 17.7 Å². The summed E-state index contributed by atoms with van der Waals surface area (Å²) in [5.74, 6) is -0.569. The highest BCUT2D eigenvalue weighted by Gasteiger charge is 2.31. The number of hydrogen-bond acceptors (Lipinski definition) is 5. The largest absolute Gasteiger partial charge is 0.460 e. The van der Waals surface area contributed by atoms with Crippen molar-refractivity contribution in [3.63, 3.8) is 0 Å². The molecule has 0 atom stereocenters. The van der Waals surface area contributed by atoms with Gasteiger partial charge in [0.05, 0.1) is 18.8 Å². The van der Waals surface area contributed by atoms with Crippen molar-refractivity contribution in [2.75, 3.05) is 13.2 Å². The molecule has 7 nitrogen and oxygen atoms in total. The highest BCUT2D eigenvalue weighted by molar-refractivity contribution is 5.98. The molecule has 0 spiro atoms.